The Labute approximate surface area is 127 Å². The smallest absolute Gasteiger partial charge is 0.152 e. The van der Waals surface area contributed by atoms with Crippen molar-refractivity contribution in [2.75, 3.05) is 18.2 Å². The van der Waals surface area contributed by atoms with Crippen molar-refractivity contribution in [2.45, 2.75) is 26.8 Å². The summed E-state index contributed by atoms with van der Waals surface area (Å²) in [5, 5.41) is 7.77. The van der Waals surface area contributed by atoms with Crippen LogP contribution in [0.2, 0.25) is 0 Å². The molecule has 6 heteroatoms. The van der Waals surface area contributed by atoms with E-state index in [-0.39, 0.29) is 6.04 Å². The van der Waals surface area contributed by atoms with Gasteiger partial charge in [0.25, 0.3) is 0 Å². The number of hydrogen-bond donors (Lipinski definition) is 2. The Balaban J connectivity index is 2.39. The fourth-order valence-corrected chi connectivity index (χ4v) is 2.34. The van der Waals surface area contributed by atoms with Gasteiger partial charge in [0, 0.05) is 17.8 Å². The maximum Gasteiger partial charge on any atom is 0.152 e. The number of benzene rings is 1. The van der Waals surface area contributed by atoms with Crippen molar-refractivity contribution in [3.63, 3.8) is 0 Å². The molecular weight excluding hydrogens is 320 g/mol. The van der Waals surface area contributed by atoms with Crippen LogP contribution in [0.25, 0.3) is 0 Å². The third kappa shape index (κ3) is 2.75. The first kappa shape index (κ1) is 14.7. The van der Waals surface area contributed by atoms with Crippen molar-refractivity contribution in [1.29, 1.82) is 0 Å². The molecule has 2 rings (SSSR count). The SMILES string of the molecule is COc1cc(Nc2c(N)c(C)nn2C(C)C)ccc1Br. The summed E-state index contributed by atoms with van der Waals surface area (Å²) in [6.07, 6.45) is 0. The quantitative estimate of drug-likeness (QED) is 0.888. The highest BCUT2D eigenvalue weighted by Crippen LogP contribution is 2.32. The molecule has 0 bridgehead atoms. The second kappa shape index (κ2) is 5.75. The average Bonchev–Trinajstić information content (AvgIpc) is 2.69. The van der Waals surface area contributed by atoms with E-state index < -0.39 is 0 Å². The molecule has 0 saturated heterocycles. The van der Waals surface area contributed by atoms with Crippen molar-refractivity contribution in [1.82, 2.24) is 9.78 Å². The normalized spacial score (nSPS) is 10.9. The minimum atomic E-state index is 0.228. The van der Waals surface area contributed by atoms with Crippen LogP contribution in [0.1, 0.15) is 25.6 Å². The zero-order valence-electron chi connectivity index (χ0n) is 12.1. The van der Waals surface area contributed by atoms with Gasteiger partial charge in [-0.05, 0) is 48.8 Å². The number of nitrogens with one attached hydrogen (secondary N) is 1. The summed E-state index contributed by atoms with van der Waals surface area (Å²) in [6.45, 7) is 6.04. The van der Waals surface area contributed by atoms with E-state index in [0.717, 1.165) is 27.4 Å². The van der Waals surface area contributed by atoms with Gasteiger partial charge < -0.3 is 15.8 Å². The maximum atomic E-state index is 6.10. The second-order valence-electron chi connectivity index (χ2n) is 4.86. The summed E-state index contributed by atoms with van der Waals surface area (Å²) in [5.74, 6) is 1.57. The molecular formula is C14H19BrN4O. The van der Waals surface area contributed by atoms with Crippen molar-refractivity contribution >= 4 is 33.1 Å². The molecule has 0 amide bonds. The highest BCUT2D eigenvalue weighted by atomic mass is 79.9. The van der Waals surface area contributed by atoms with Crippen molar-refractivity contribution in [2.24, 2.45) is 0 Å². The topological polar surface area (TPSA) is 65.1 Å². The predicted molar refractivity (Wildman–Crippen MR) is 85.7 cm³/mol. The van der Waals surface area contributed by atoms with Crippen LogP contribution in [0.15, 0.2) is 22.7 Å². The van der Waals surface area contributed by atoms with Gasteiger partial charge in [-0.2, -0.15) is 5.10 Å². The number of ether oxygens (including phenoxy) is 1. The number of halogens is 1. The molecule has 0 radical (unpaired) electrons. The Morgan fingerprint density at radius 1 is 1.40 bits per heavy atom. The van der Waals surface area contributed by atoms with E-state index in [4.69, 9.17) is 10.5 Å². The first-order chi connectivity index (χ1) is 9.43. The number of rotatable bonds is 4. The zero-order valence-corrected chi connectivity index (χ0v) is 13.7. The maximum absolute atomic E-state index is 6.10. The molecule has 0 unspecified atom stereocenters. The van der Waals surface area contributed by atoms with Crippen LogP contribution in [0, 0.1) is 6.92 Å². The summed E-state index contributed by atoms with van der Waals surface area (Å²) in [4.78, 5) is 0. The molecule has 0 fully saturated rings. The van der Waals surface area contributed by atoms with Crippen LogP contribution in [0.3, 0.4) is 0 Å². The van der Waals surface area contributed by atoms with E-state index in [1.807, 2.05) is 29.8 Å². The van der Waals surface area contributed by atoms with Crippen LogP contribution in [-0.4, -0.2) is 16.9 Å². The predicted octanol–water partition coefficient (Wildman–Crippen LogP) is 3.87. The number of hydrogen-bond acceptors (Lipinski definition) is 4. The van der Waals surface area contributed by atoms with Gasteiger partial charge in [-0.1, -0.05) is 0 Å². The highest BCUT2D eigenvalue weighted by molar-refractivity contribution is 9.10. The summed E-state index contributed by atoms with van der Waals surface area (Å²) < 4.78 is 8.09. The van der Waals surface area contributed by atoms with Gasteiger partial charge in [0.2, 0.25) is 0 Å². The van der Waals surface area contributed by atoms with Gasteiger partial charge in [0.15, 0.2) is 5.82 Å². The van der Waals surface area contributed by atoms with Gasteiger partial charge >= 0.3 is 0 Å². The molecule has 0 atom stereocenters. The second-order valence-corrected chi connectivity index (χ2v) is 5.71. The Bertz CT molecular complexity index is 622. The number of methoxy groups -OCH3 is 1. The number of nitrogens with zero attached hydrogens (tertiary/aromatic N) is 2. The highest BCUT2D eigenvalue weighted by Gasteiger charge is 2.15. The number of nitrogen functional groups attached to an aromatic ring is 1. The van der Waals surface area contributed by atoms with Crippen LogP contribution in [-0.2, 0) is 0 Å². The molecule has 1 heterocycles. The van der Waals surface area contributed by atoms with Gasteiger partial charge in [-0.25, -0.2) is 4.68 Å². The summed E-state index contributed by atoms with van der Waals surface area (Å²) in [7, 11) is 1.64. The molecule has 1 aromatic heterocycles. The Morgan fingerprint density at radius 2 is 2.10 bits per heavy atom. The average molecular weight is 339 g/mol. The Hall–Kier alpha value is -1.69. The lowest BCUT2D eigenvalue weighted by Crippen LogP contribution is -2.08. The minimum Gasteiger partial charge on any atom is -0.495 e. The van der Waals surface area contributed by atoms with Gasteiger partial charge in [0.05, 0.1) is 23.0 Å². The first-order valence-electron chi connectivity index (χ1n) is 6.39. The van der Waals surface area contributed by atoms with Crippen LogP contribution in [0.4, 0.5) is 17.2 Å². The monoisotopic (exact) mass is 338 g/mol. The van der Waals surface area contributed by atoms with Crippen molar-refractivity contribution in [3.8, 4) is 5.75 Å². The fourth-order valence-electron chi connectivity index (χ4n) is 1.93. The number of anilines is 3. The largest absolute Gasteiger partial charge is 0.495 e. The summed E-state index contributed by atoms with van der Waals surface area (Å²) in [5.41, 5.74) is 8.50. The molecule has 3 N–H and O–H groups in total. The van der Waals surface area contributed by atoms with Gasteiger partial charge in [0.1, 0.15) is 5.75 Å². The van der Waals surface area contributed by atoms with E-state index in [1.165, 1.54) is 0 Å². The third-order valence-corrected chi connectivity index (χ3v) is 3.69. The molecule has 5 nitrogen and oxygen atoms in total. The van der Waals surface area contributed by atoms with E-state index in [1.54, 1.807) is 7.11 Å². The zero-order chi connectivity index (χ0) is 14.9. The number of aryl methyl sites for hydroxylation is 1. The van der Waals surface area contributed by atoms with Crippen molar-refractivity contribution < 1.29 is 4.74 Å². The summed E-state index contributed by atoms with van der Waals surface area (Å²) in [6, 6.07) is 6.03. The van der Waals surface area contributed by atoms with Crippen LogP contribution in [0.5, 0.6) is 5.75 Å². The Kier molecular flexibility index (Phi) is 4.23. The van der Waals surface area contributed by atoms with E-state index >= 15 is 0 Å². The van der Waals surface area contributed by atoms with E-state index in [0.29, 0.717) is 5.69 Å². The number of aromatic nitrogens is 2. The lowest BCUT2D eigenvalue weighted by Gasteiger charge is -2.14. The molecule has 0 aliphatic heterocycles. The van der Waals surface area contributed by atoms with Crippen LogP contribution >= 0.6 is 15.9 Å². The fraction of sp³-hybridized carbons (Fsp3) is 0.357. The van der Waals surface area contributed by atoms with Gasteiger partial charge in [-0.15, -0.1) is 0 Å². The lowest BCUT2D eigenvalue weighted by atomic mass is 10.3. The lowest BCUT2D eigenvalue weighted by molar-refractivity contribution is 0.412. The molecule has 0 aliphatic rings. The van der Waals surface area contributed by atoms with E-state index in [2.05, 4.69) is 40.2 Å². The van der Waals surface area contributed by atoms with Gasteiger partial charge in [-0.3, -0.25) is 0 Å². The molecule has 0 aliphatic carbocycles. The van der Waals surface area contributed by atoms with Crippen LogP contribution < -0.4 is 15.8 Å². The molecule has 20 heavy (non-hydrogen) atoms. The minimum absolute atomic E-state index is 0.228. The van der Waals surface area contributed by atoms with Crippen molar-refractivity contribution in [3.05, 3.63) is 28.4 Å². The molecule has 108 valence electrons. The molecule has 0 spiro atoms. The Morgan fingerprint density at radius 3 is 2.70 bits per heavy atom. The third-order valence-electron chi connectivity index (χ3n) is 3.03. The van der Waals surface area contributed by atoms with E-state index in [9.17, 15) is 0 Å². The molecule has 2 aromatic rings. The standard InChI is InChI=1S/C14H19BrN4O/c1-8(2)19-14(13(16)9(3)18-19)17-10-5-6-11(15)12(7-10)20-4/h5-8,17H,16H2,1-4H3. The number of nitrogens with two attached hydrogens (primary N) is 1. The first-order valence-corrected chi connectivity index (χ1v) is 7.18. The summed E-state index contributed by atoms with van der Waals surface area (Å²) >= 11 is 3.44. The molecule has 0 saturated carbocycles. The molecule has 1 aromatic carbocycles.